The van der Waals surface area contributed by atoms with Crippen LogP contribution in [0.4, 0.5) is 0 Å². The van der Waals surface area contributed by atoms with E-state index >= 15 is 0 Å². The van der Waals surface area contributed by atoms with E-state index < -0.39 is 0 Å². The quantitative estimate of drug-likeness (QED) is 0.743. The van der Waals surface area contributed by atoms with Gasteiger partial charge in [-0.2, -0.15) is 5.10 Å². The Morgan fingerprint density at radius 1 is 1.31 bits per heavy atom. The van der Waals surface area contributed by atoms with Crippen molar-refractivity contribution in [2.45, 2.75) is 32.7 Å². The number of nitrogens with zero attached hydrogens (tertiary/aromatic N) is 4. The van der Waals surface area contributed by atoms with E-state index in [1.807, 2.05) is 30.0 Å². The van der Waals surface area contributed by atoms with Crippen LogP contribution in [0.2, 0.25) is 0 Å². The minimum atomic E-state index is -0.149. The maximum Gasteiger partial charge on any atom is 0.343 e. The van der Waals surface area contributed by atoms with Gasteiger partial charge in [0.05, 0.1) is 17.4 Å². The first-order chi connectivity index (χ1) is 12.7. The van der Waals surface area contributed by atoms with Crippen LogP contribution in [0.5, 0.6) is 0 Å². The highest BCUT2D eigenvalue weighted by molar-refractivity contribution is 5.97. The molecule has 2 aromatic heterocycles. The standard InChI is InChI=1S/C18H22N6O2/c1-2-24-16(21-22-18(24)26)9-12-5-7-23(8-6-12)17(25)13-3-4-14-15(10-13)20-11-19-14/h3-4,10-12H,2,5-9H2,1H3,(H,19,20)(H,22,26). The molecule has 1 aromatic carbocycles. The van der Waals surface area contributed by atoms with Crippen molar-refractivity contribution < 1.29 is 4.79 Å². The average Bonchev–Trinajstić information content (AvgIpc) is 3.27. The summed E-state index contributed by atoms with van der Waals surface area (Å²) in [6.45, 7) is 4.02. The largest absolute Gasteiger partial charge is 0.345 e. The number of aromatic nitrogens is 5. The highest BCUT2D eigenvalue weighted by Crippen LogP contribution is 2.22. The second kappa shape index (κ2) is 6.78. The van der Waals surface area contributed by atoms with Gasteiger partial charge in [0.25, 0.3) is 5.91 Å². The van der Waals surface area contributed by atoms with Crippen molar-refractivity contribution in [2.75, 3.05) is 13.1 Å². The molecule has 0 atom stereocenters. The van der Waals surface area contributed by atoms with Crippen molar-refractivity contribution >= 4 is 16.9 Å². The number of carbonyl (C=O) groups excluding carboxylic acids is 1. The molecule has 0 spiro atoms. The van der Waals surface area contributed by atoms with Crippen molar-refractivity contribution in [1.29, 1.82) is 0 Å². The Morgan fingerprint density at radius 2 is 2.12 bits per heavy atom. The molecule has 2 N–H and O–H groups in total. The van der Waals surface area contributed by atoms with Crippen molar-refractivity contribution in [2.24, 2.45) is 5.92 Å². The molecule has 1 aliphatic heterocycles. The number of benzene rings is 1. The Bertz CT molecular complexity index is 977. The number of imidazole rings is 1. The van der Waals surface area contributed by atoms with E-state index in [1.54, 1.807) is 10.9 Å². The number of hydrogen-bond donors (Lipinski definition) is 2. The lowest BCUT2D eigenvalue weighted by Gasteiger charge is -2.32. The minimum Gasteiger partial charge on any atom is -0.345 e. The van der Waals surface area contributed by atoms with Crippen molar-refractivity contribution in [3.63, 3.8) is 0 Å². The van der Waals surface area contributed by atoms with Gasteiger partial charge in [0.1, 0.15) is 5.82 Å². The monoisotopic (exact) mass is 354 g/mol. The van der Waals surface area contributed by atoms with E-state index in [0.717, 1.165) is 49.2 Å². The van der Waals surface area contributed by atoms with E-state index in [-0.39, 0.29) is 11.6 Å². The lowest BCUT2D eigenvalue weighted by atomic mass is 9.93. The Morgan fingerprint density at radius 3 is 2.88 bits per heavy atom. The molecule has 0 aliphatic carbocycles. The summed E-state index contributed by atoms with van der Waals surface area (Å²) in [5.74, 6) is 1.31. The fourth-order valence-corrected chi connectivity index (χ4v) is 3.68. The van der Waals surface area contributed by atoms with Crippen molar-refractivity contribution in [1.82, 2.24) is 29.6 Å². The summed E-state index contributed by atoms with van der Waals surface area (Å²) in [5, 5.41) is 6.67. The molecule has 0 radical (unpaired) electrons. The van der Waals surface area contributed by atoms with Crippen LogP contribution in [0.25, 0.3) is 11.0 Å². The first-order valence-corrected chi connectivity index (χ1v) is 9.02. The summed E-state index contributed by atoms with van der Waals surface area (Å²) < 4.78 is 1.68. The number of carbonyl (C=O) groups is 1. The molecule has 1 fully saturated rings. The normalized spacial score (nSPS) is 15.7. The number of piperidine rings is 1. The van der Waals surface area contributed by atoms with Crippen molar-refractivity contribution in [3.8, 4) is 0 Å². The number of amides is 1. The second-order valence-electron chi connectivity index (χ2n) is 6.76. The van der Waals surface area contributed by atoms with E-state index in [0.29, 0.717) is 18.0 Å². The molecule has 0 unspecified atom stereocenters. The van der Waals surface area contributed by atoms with Crippen LogP contribution < -0.4 is 5.69 Å². The van der Waals surface area contributed by atoms with Crippen molar-refractivity contribution in [3.05, 3.63) is 46.4 Å². The number of nitrogens with one attached hydrogen (secondary N) is 2. The fraction of sp³-hybridized carbons (Fsp3) is 0.444. The predicted octanol–water partition coefficient (Wildman–Crippen LogP) is 1.56. The van der Waals surface area contributed by atoms with Crippen LogP contribution in [0, 0.1) is 5.92 Å². The van der Waals surface area contributed by atoms with Gasteiger partial charge in [0.15, 0.2) is 0 Å². The molecular formula is C18H22N6O2. The zero-order chi connectivity index (χ0) is 18.1. The van der Waals surface area contributed by atoms with Gasteiger partial charge in [0.2, 0.25) is 0 Å². The Labute approximate surface area is 150 Å². The minimum absolute atomic E-state index is 0.0604. The van der Waals surface area contributed by atoms with Crippen LogP contribution >= 0.6 is 0 Å². The number of hydrogen-bond acceptors (Lipinski definition) is 4. The third-order valence-corrected chi connectivity index (χ3v) is 5.19. The smallest absolute Gasteiger partial charge is 0.343 e. The van der Waals surface area contributed by atoms with E-state index in [9.17, 15) is 9.59 Å². The van der Waals surface area contributed by atoms with Gasteiger partial charge in [0, 0.05) is 31.6 Å². The highest BCUT2D eigenvalue weighted by Gasteiger charge is 2.25. The number of H-pyrrole nitrogens is 2. The van der Waals surface area contributed by atoms with E-state index in [1.165, 1.54) is 0 Å². The fourth-order valence-electron chi connectivity index (χ4n) is 3.68. The lowest BCUT2D eigenvalue weighted by Crippen LogP contribution is -2.39. The van der Waals surface area contributed by atoms with E-state index in [2.05, 4.69) is 20.2 Å². The summed E-state index contributed by atoms with van der Waals surface area (Å²) in [6, 6.07) is 5.56. The molecule has 0 bridgehead atoms. The van der Waals surface area contributed by atoms with Crippen LogP contribution in [-0.2, 0) is 13.0 Å². The molecule has 8 nitrogen and oxygen atoms in total. The van der Waals surface area contributed by atoms with Gasteiger partial charge in [-0.1, -0.05) is 0 Å². The summed E-state index contributed by atoms with van der Waals surface area (Å²) in [7, 11) is 0. The van der Waals surface area contributed by atoms with Crippen LogP contribution in [0.1, 0.15) is 35.9 Å². The number of likely N-dealkylation sites (tertiary alicyclic amines) is 1. The first-order valence-electron chi connectivity index (χ1n) is 9.02. The summed E-state index contributed by atoms with van der Waals surface area (Å²) in [4.78, 5) is 33.6. The molecule has 1 saturated heterocycles. The van der Waals surface area contributed by atoms with Gasteiger partial charge in [-0.15, -0.1) is 0 Å². The Balaban J connectivity index is 1.39. The Kier molecular flexibility index (Phi) is 4.32. The van der Waals surface area contributed by atoms with Crippen LogP contribution in [0.3, 0.4) is 0 Å². The van der Waals surface area contributed by atoms with Gasteiger partial charge >= 0.3 is 5.69 Å². The summed E-state index contributed by atoms with van der Waals surface area (Å²) >= 11 is 0. The van der Waals surface area contributed by atoms with Crippen LogP contribution in [0.15, 0.2) is 29.3 Å². The summed E-state index contributed by atoms with van der Waals surface area (Å²) in [5.41, 5.74) is 2.28. The topological polar surface area (TPSA) is 99.7 Å². The molecule has 1 amide bonds. The molecule has 0 saturated carbocycles. The number of rotatable bonds is 4. The third kappa shape index (κ3) is 3.02. The van der Waals surface area contributed by atoms with Gasteiger partial charge < -0.3 is 9.88 Å². The number of aromatic amines is 2. The Hall–Kier alpha value is -2.90. The molecule has 3 aromatic rings. The predicted molar refractivity (Wildman–Crippen MR) is 96.9 cm³/mol. The average molecular weight is 354 g/mol. The maximum absolute atomic E-state index is 12.8. The molecule has 4 rings (SSSR count). The summed E-state index contributed by atoms with van der Waals surface area (Å²) in [6.07, 6.45) is 4.25. The molecule has 136 valence electrons. The van der Waals surface area contributed by atoms with E-state index in [4.69, 9.17) is 0 Å². The molecule has 26 heavy (non-hydrogen) atoms. The molecule has 3 heterocycles. The zero-order valence-electron chi connectivity index (χ0n) is 14.7. The van der Waals surface area contributed by atoms with Crippen LogP contribution in [-0.4, -0.2) is 48.6 Å². The van der Waals surface area contributed by atoms with Gasteiger partial charge in [-0.3, -0.25) is 9.36 Å². The molecular weight excluding hydrogens is 332 g/mol. The van der Waals surface area contributed by atoms with Gasteiger partial charge in [-0.05, 0) is 43.9 Å². The van der Waals surface area contributed by atoms with Gasteiger partial charge in [-0.25, -0.2) is 14.9 Å². The number of fused-ring (bicyclic) bond motifs is 1. The zero-order valence-corrected chi connectivity index (χ0v) is 14.7. The SMILES string of the molecule is CCn1c(CC2CCN(C(=O)c3ccc4nc[nH]c4c3)CC2)n[nH]c1=O. The first kappa shape index (κ1) is 16.6. The molecule has 8 heteroatoms. The second-order valence-corrected chi connectivity index (χ2v) is 6.76. The molecule has 1 aliphatic rings. The maximum atomic E-state index is 12.8. The highest BCUT2D eigenvalue weighted by atomic mass is 16.2. The lowest BCUT2D eigenvalue weighted by molar-refractivity contribution is 0.0689. The third-order valence-electron chi connectivity index (χ3n) is 5.19.